The van der Waals surface area contributed by atoms with Crippen LogP contribution >= 0.6 is 11.6 Å². The number of likely N-dealkylation sites (tertiary alicyclic amines) is 1. The van der Waals surface area contributed by atoms with Gasteiger partial charge in [0.1, 0.15) is 5.75 Å². The Morgan fingerprint density at radius 2 is 2.00 bits per heavy atom. The number of nitrogens with zero attached hydrogens (tertiary/aromatic N) is 3. The molecule has 0 saturated carbocycles. The van der Waals surface area contributed by atoms with Gasteiger partial charge in [-0.3, -0.25) is 14.3 Å². The fourth-order valence-electron chi connectivity index (χ4n) is 4.53. The molecule has 2 aromatic rings. The number of hydrogen-bond donors (Lipinski definition) is 4. The number of para-hydroxylation sites is 1. The lowest BCUT2D eigenvalue weighted by Crippen LogP contribution is -2.48. The van der Waals surface area contributed by atoms with Crippen LogP contribution in [0.15, 0.2) is 59.8 Å². The summed E-state index contributed by atoms with van der Waals surface area (Å²) < 4.78 is 1.72. The van der Waals surface area contributed by atoms with Crippen molar-refractivity contribution >= 4 is 23.9 Å². The molecule has 3 unspecified atom stereocenters. The quantitative estimate of drug-likeness (QED) is 0.288. The Kier molecular flexibility index (Phi) is 13.8. The monoisotopic (exact) mass is 560 g/mol. The third-order valence-corrected chi connectivity index (χ3v) is 6.77. The van der Waals surface area contributed by atoms with E-state index in [9.17, 15) is 24.9 Å². The molecule has 2 aliphatic rings. The van der Waals surface area contributed by atoms with Crippen LogP contribution in [0.25, 0.3) is 0 Å². The number of aromatic hydroxyl groups is 1. The predicted octanol–water partition coefficient (Wildman–Crippen LogP) is 3.72. The van der Waals surface area contributed by atoms with Gasteiger partial charge in [0, 0.05) is 35.3 Å². The van der Waals surface area contributed by atoms with Crippen molar-refractivity contribution in [3.8, 4) is 5.75 Å². The largest absolute Gasteiger partial charge is 0.508 e. The van der Waals surface area contributed by atoms with E-state index in [1.165, 1.54) is 6.92 Å². The van der Waals surface area contributed by atoms with Crippen molar-refractivity contribution in [1.29, 1.82) is 0 Å². The zero-order chi connectivity index (χ0) is 28.8. The number of nitrogens with one attached hydrogen (secondary N) is 1. The van der Waals surface area contributed by atoms with E-state index in [0.717, 1.165) is 42.0 Å². The first-order chi connectivity index (χ1) is 18.8. The van der Waals surface area contributed by atoms with Crippen LogP contribution in [-0.2, 0) is 22.7 Å². The third kappa shape index (κ3) is 9.84. The molecule has 9 nitrogen and oxygen atoms in total. The molecule has 1 aromatic heterocycles. The average molecular weight is 561 g/mol. The minimum atomic E-state index is -1.34. The fourth-order valence-corrected chi connectivity index (χ4v) is 4.80. The van der Waals surface area contributed by atoms with E-state index in [2.05, 4.69) is 22.6 Å². The van der Waals surface area contributed by atoms with Crippen molar-refractivity contribution in [3.63, 3.8) is 0 Å². The van der Waals surface area contributed by atoms with Crippen molar-refractivity contribution < 1.29 is 24.9 Å². The molecule has 4 N–H and O–H groups in total. The number of hydrogen-bond acceptors (Lipinski definition) is 6. The maximum atomic E-state index is 12.3. The lowest BCUT2D eigenvalue weighted by Gasteiger charge is -2.32. The molecular weight excluding hydrogens is 520 g/mol. The number of phenolic OH excluding ortho intramolecular Hbond substituents is 1. The number of benzene rings is 1. The summed E-state index contributed by atoms with van der Waals surface area (Å²) in [7, 11) is 0. The van der Waals surface area contributed by atoms with Gasteiger partial charge in [0.25, 0.3) is 5.91 Å². The SMILES string of the molecule is CC.CC(O)C(O)C(=O)N1CCCC1[C@@H]1C=CCC=C(Cl)C1.O=CNCc1ccn(Cc2ccccc2O)n1. The lowest BCUT2D eigenvalue weighted by molar-refractivity contribution is -0.147. The average Bonchev–Trinajstić information content (AvgIpc) is 3.56. The van der Waals surface area contributed by atoms with Crippen LogP contribution in [0.3, 0.4) is 0 Å². The molecule has 1 aliphatic carbocycles. The van der Waals surface area contributed by atoms with Gasteiger partial charge in [-0.15, -0.1) is 0 Å². The number of aliphatic hydroxyl groups excluding tert-OH is 2. The second-order valence-corrected chi connectivity index (χ2v) is 9.73. The number of allylic oxidation sites excluding steroid dienone is 3. The topological polar surface area (TPSA) is 128 Å². The Hall–Kier alpha value is -3.14. The molecule has 1 aliphatic heterocycles. The zero-order valence-electron chi connectivity index (χ0n) is 22.9. The van der Waals surface area contributed by atoms with Crippen LogP contribution in [0.5, 0.6) is 5.75 Å². The Morgan fingerprint density at radius 3 is 2.69 bits per heavy atom. The zero-order valence-corrected chi connectivity index (χ0v) is 23.7. The Labute approximate surface area is 235 Å². The summed E-state index contributed by atoms with van der Waals surface area (Å²) in [5.74, 6) is 0.0738. The van der Waals surface area contributed by atoms with Gasteiger partial charge in [-0.25, -0.2) is 0 Å². The highest BCUT2D eigenvalue weighted by molar-refractivity contribution is 6.29. The third-order valence-electron chi connectivity index (χ3n) is 6.46. The smallest absolute Gasteiger partial charge is 0.254 e. The number of rotatable bonds is 8. The number of aromatic nitrogens is 2. The van der Waals surface area contributed by atoms with E-state index in [-0.39, 0.29) is 23.6 Å². The van der Waals surface area contributed by atoms with E-state index in [1.54, 1.807) is 21.7 Å². The minimum absolute atomic E-state index is 0.0624. The maximum absolute atomic E-state index is 12.3. The first-order valence-electron chi connectivity index (χ1n) is 13.4. The van der Waals surface area contributed by atoms with Crippen molar-refractivity contribution in [2.24, 2.45) is 5.92 Å². The van der Waals surface area contributed by atoms with Crippen LogP contribution in [0.4, 0.5) is 0 Å². The molecule has 4 atom stereocenters. The molecule has 0 radical (unpaired) electrons. The minimum Gasteiger partial charge on any atom is -0.508 e. The van der Waals surface area contributed by atoms with Crippen LogP contribution in [0.1, 0.15) is 57.7 Å². The van der Waals surface area contributed by atoms with Gasteiger partial charge in [0.2, 0.25) is 6.41 Å². The lowest BCUT2D eigenvalue weighted by atomic mass is 9.93. The first-order valence-corrected chi connectivity index (χ1v) is 13.8. The summed E-state index contributed by atoms with van der Waals surface area (Å²) in [6.07, 6.45) is 9.66. The summed E-state index contributed by atoms with van der Waals surface area (Å²) in [4.78, 5) is 24.1. The molecule has 214 valence electrons. The number of amides is 2. The summed E-state index contributed by atoms with van der Waals surface area (Å²) in [6, 6.07) is 9.03. The number of phenols is 1. The van der Waals surface area contributed by atoms with E-state index in [1.807, 2.05) is 44.3 Å². The number of halogens is 1. The highest BCUT2D eigenvalue weighted by Crippen LogP contribution is 2.32. The highest BCUT2D eigenvalue weighted by atomic mass is 35.5. The van der Waals surface area contributed by atoms with Crippen LogP contribution in [0.2, 0.25) is 0 Å². The molecule has 2 heterocycles. The molecule has 39 heavy (non-hydrogen) atoms. The van der Waals surface area contributed by atoms with Crippen molar-refractivity contribution in [3.05, 3.63) is 71.0 Å². The molecule has 2 amide bonds. The van der Waals surface area contributed by atoms with Gasteiger partial charge in [-0.1, -0.05) is 61.9 Å². The number of carbonyl (C=O) groups is 2. The molecule has 0 bridgehead atoms. The second-order valence-electron chi connectivity index (χ2n) is 9.24. The maximum Gasteiger partial charge on any atom is 0.254 e. The molecular formula is C29H41ClN4O5. The number of carbonyl (C=O) groups excluding carboxylic acids is 2. The van der Waals surface area contributed by atoms with Crippen LogP contribution in [0, 0.1) is 5.92 Å². The van der Waals surface area contributed by atoms with E-state index in [4.69, 9.17) is 11.6 Å². The van der Waals surface area contributed by atoms with Gasteiger partial charge in [0.15, 0.2) is 6.10 Å². The molecule has 10 heteroatoms. The summed E-state index contributed by atoms with van der Waals surface area (Å²) in [5, 5.41) is 36.4. The van der Waals surface area contributed by atoms with Gasteiger partial charge in [-0.05, 0) is 44.7 Å². The van der Waals surface area contributed by atoms with Gasteiger partial charge in [0.05, 0.1) is 24.9 Å². The van der Waals surface area contributed by atoms with E-state index >= 15 is 0 Å². The summed E-state index contributed by atoms with van der Waals surface area (Å²) in [6.45, 7) is 6.99. The normalized spacial score (nSPS) is 19.8. The van der Waals surface area contributed by atoms with Gasteiger partial charge in [-0.2, -0.15) is 5.10 Å². The van der Waals surface area contributed by atoms with E-state index in [0.29, 0.717) is 26.0 Å². The Morgan fingerprint density at radius 1 is 1.26 bits per heavy atom. The Balaban J connectivity index is 0.000000260. The van der Waals surface area contributed by atoms with Crippen LogP contribution in [-0.4, -0.2) is 67.1 Å². The molecule has 1 aromatic carbocycles. The van der Waals surface area contributed by atoms with Crippen molar-refractivity contribution in [2.45, 2.75) is 77.8 Å². The van der Waals surface area contributed by atoms with Gasteiger partial charge >= 0.3 is 0 Å². The predicted molar refractivity (Wildman–Crippen MR) is 152 cm³/mol. The summed E-state index contributed by atoms with van der Waals surface area (Å²) >= 11 is 6.16. The highest BCUT2D eigenvalue weighted by Gasteiger charge is 2.37. The fraction of sp³-hybridized carbons (Fsp3) is 0.483. The second kappa shape index (κ2) is 16.7. The van der Waals surface area contributed by atoms with Crippen molar-refractivity contribution in [2.75, 3.05) is 6.54 Å². The van der Waals surface area contributed by atoms with Crippen molar-refractivity contribution in [1.82, 2.24) is 20.0 Å². The van der Waals surface area contributed by atoms with Gasteiger partial charge < -0.3 is 25.5 Å². The molecule has 4 rings (SSSR count). The first kappa shape index (κ1) is 32.1. The molecule has 1 saturated heterocycles. The van der Waals surface area contributed by atoms with Crippen LogP contribution < -0.4 is 5.32 Å². The standard InChI is InChI=1S/C15H22ClNO3.C12H13N3O2.C2H6/c1-10(18)14(19)15(20)17-8-4-7-13(17)11-5-2-3-6-12(16)9-11;16-9-13-7-11-5-6-15(14-11)8-10-3-1-2-4-12(10)17;1-2/h2,5-6,10-11,13-14,18-19H,3-4,7-9H2,1H3;1-6,9,17H,7-8H2,(H,13,16);1-2H3/t10?,11-,13?,14?;;/m1../s1. The summed E-state index contributed by atoms with van der Waals surface area (Å²) in [5.41, 5.74) is 1.60. The van der Waals surface area contributed by atoms with E-state index < -0.39 is 12.2 Å². The molecule has 1 fully saturated rings. The molecule has 0 spiro atoms. The number of aliphatic hydroxyl groups is 2. The Bertz CT molecular complexity index is 1100.